The molecule has 27 heavy (non-hydrogen) atoms. The van der Waals surface area contributed by atoms with E-state index in [2.05, 4.69) is 15.3 Å². The lowest BCUT2D eigenvalue weighted by Crippen LogP contribution is -2.15. The average molecular weight is 424 g/mol. The molecule has 1 aliphatic rings. The number of carbonyl (C=O) groups excluding carboxylic acids is 1. The maximum absolute atomic E-state index is 13.1. The van der Waals surface area contributed by atoms with Crippen molar-refractivity contribution in [3.05, 3.63) is 55.7 Å². The quantitative estimate of drug-likeness (QED) is 0.646. The van der Waals surface area contributed by atoms with Crippen LogP contribution in [0.25, 0.3) is 10.2 Å². The molecule has 1 aliphatic carbocycles. The number of hydrogen-bond acceptors (Lipinski definition) is 5. The Hall–Kier alpha value is -1.90. The number of thioether (sulfide) groups is 1. The molecule has 0 unspecified atom stereocenters. The zero-order chi connectivity index (χ0) is 19.0. The number of amides is 1. The summed E-state index contributed by atoms with van der Waals surface area (Å²) in [6.07, 6.45) is 3.07. The summed E-state index contributed by atoms with van der Waals surface area (Å²) < 4.78 is 13.1. The summed E-state index contributed by atoms with van der Waals surface area (Å²) in [5, 5.41) is 3.35. The fraction of sp³-hybridized carbons (Fsp3) is 0.278. The van der Waals surface area contributed by atoms with Crippen molar-refractivity contribution in [2.75, 3.05) is 11.1 Å². The molecule has 4 rings (SSSR count). The van der Waals surface area contributed by atoms with Crippen LogP contribution in [0.4, 0.5) is 10.1 Å². The van der Waals surface area contributed by atoms with Gasteiger partial charge >= 0.3 is 0 Å². The summed E-state index contributed by atoms with van der Waals surface area (Å²) >= 11 is 8.64. The molecule has 5 nitrogen and oxygen atoms in total. The number of aromatic amines is 1. The van der Waals surface area contributed by atoms with Crippen LogP contribution >= 0.6 is 34.7 Å². The largest absolute Gasteiger partial charge is 0.325 e. The third-order valence-electron chi connectivity index (χ3n) is 4.30. The molecule has 0 atom stereocenters. The number of rotatable bonds is 5. The van der Waals surface area contributed by atoms with Gasteiger partial charge in [-0.1, -0.05) is 11.6 Å². The van der Waals surface area contributed by atoms with Gasteiger partial charge in [-0.3, -0.25) is 9.59 Å². The fourth-order valence-corrected chi connectivity index (χ4v) is 5.28. The molecule has 0 bridgehead atoms. The van der Waals surface area contributed by atoms with Gasteiger partial charge in [0.1, 0.15) is 16.5 Å². The Bertz CT molecular complexity index is 1100. The van der Waals surface area contributed by atoms with E-state index < -0.39 is 5.82 Å². The highest BCUT2D eigenvalue weighted by atomic mass is 35.5. The molecule has 2 N–H and O–H groups in total. The number of aryl methyl sites for hydroxylation is 2. The third kappa shape index (κ3) is 3.88. The number of thiophene rings is 1. The summed E-state index contributed by atoms with van der Waals surface area (Å²) in [5.41, 5.74) is 1.49. The molecule has 1 amide bonds. The zero-order valence-electron chi connectivity index (χ0n) is 14.1. The second-order valence-corrected chi connectivity index (χ2v) is 8.70. The van der Waals surface area contributed by atoms with E-state index >= 15 is 0 Å². The van der Waals surface area contributed by atoms with E-state index in [1.165, 1.54) is 34.8 Å². The van der Waals surface area contributed by atoms with Crippen molar-refractivity contribution < 1.29 is 9.18 Å². The minimum Gasteiger partial charge on any atom is -0.325 e. The Labute approximate surface area is 167 Å². The predicted octanol–water partition coefficient (Wildman–Crippen LogP) is 4.14. The molecule has 3 aromatic rings. The van der Waals surface area contributed by atoms with Crippen molar-refractivity contribution in [1.29, 1.82) is 0 Å². The smallest absolute Gasteiger partial charge is 0.259 e. The summed E-state index contributed by atoms with van der Waals surface area (Å²) in [5.74, 6) is 0.397. The van der Waals surface area contributed by atoms with Crippen molar-refractivity contribution in [2.45, 2.75) is 25.0 Å². The molecule has 140 valence electrons. The monoisotopic (exact) mass is 423 g/mol. The van der Waals surface area contributed by atoms with Crippen LogP contribution in [-0.4, -0.2) is 21.6 Å². The van der Waals surface area contributed by atoms with Crippen LogP contribution in [0.3, 0.4) is 0 Å². The minimum atomic E-state index is -0.533. The van der Waals surface area contributed by atoms with Crippen LogP contribution in [0, 0.1) is 5.82 Å². The highest BCUT2D eigenvalue weighted by Crippen LogP contribution is 2.34. The van der Waals surface area contributed by atoms with Gasteiger partial charge in [0.15, 0.2) is 0 Å². The van der Waals surface area contributed by atoms with Gasteiger partial charge in [-0.2, -0.15) is 0 Å². The van der Waals surface area contributed by atoms with Gasteiger partial charge in [0.25, 0.3) is 5.56 Å². The van der Waals surface area contributed by atoms with Crippen LogP contribution in [-0.2, 0) is 23.4 Å². The lowest BCUT2D eigenvalue weighted by atomic mass is 10.2. The first-order valence-electron chi connectivity index (χ1n) is 8.37. The Balaban J connectivity index is 1.38. The molecule has 0 fully saturated rings. The van der Waals surface area contributed by atoms with Crippen molar-refractivity contribution in [2.24, 2.45) is 0 Å². The number of aromatic nitrogens is 2. The van der Waals surface area contributed by atoms with Gasteiger partial charge in [0.05, 0.1) is 21.9 Å². The Morgan fingerprint density at radius 1 is 1.41 bits per heavy atom. The van der Waals surface area contributed by atoms with Gasteiger partial charge in [-0.25, -0.2) is 9.37 Å². The van der Waals surface area contributed by atoms with Crippen molar-refractivity contribution >= 4 is 56.5 Å². The first kappa shape index (κ1) is 18.5. The van der Waals surface area contributed by atoms with E-state index in [0.29, 0.717) is 17.3 Å². The number of benzene rings is 1. The number of carbonyl (C=O) groups is 1. The van der Waals surface area contributed by atoms with E-state index in [1.807, 2.05) is 0 Å². The second kappa shape index (κ2) is 7.61. The maximum Gasteiger partial charge on any atom is 0.259 e. The summed E-state index contributed by atoms with van der Waals surface area (Å²) in [7, 11) is 0. The van der Waals surface area contributed by atoms with Gasteiger partial charge < -0.3 is 10.3 Å². The van der Waals surface area contributed by atoms with Gasteiger partial charge in [-0.15, -0.1) is 23.1 Å². The fourth-order valence-electron chi connectivity index (χ4n) is 3.13. The number of nitrogens with zero attached hydrogens (tertiary/aromatic N) is 1. The molecule has 2 aromatic heterocycles. The van der Waals surface area contributed by atoms with Crippen LogP contribution in [0.1, 0.15) is 22.7 Å². The normalized spacial score (nSPS) is 13.1. The molecule has 9 heteroatoms. The number of fused-ring (bicyclic) bond motifs is 3. The first-order chi connectivity index (χ1) is 13.0. The number of anilines is 1. The van der Waals surface area contributed by atoms with Crippen molar-refractivity contribution in [1.82, 2.24) is 9.97 Å². The topological polar surface area (TPSA) is 74.8 Å². The zero-order valence-corrected chi connectivity index (χ0v) is 16.5. The third-order valence-corrected chi connectivity index (χ3v) is 6.72. The van der Waals surface area contributed by atoms with E-state index in [-0.39, 0.29) is 22.2 Å². The molecule has 0 saturated heterocycles. The van der Waals surface area contributed by atoms with Gasteiger partial charge in [0.2, 0.25) is 5.91 Å². The number of hydrogen-bond donors (Lipinski definition) is 2. The summed E-state index contributed by atoms with van der Waals surface area (Å²) in [6.45, 7) is 0. The number of halogens is 2. The first-order valence-corrected chi connectivity index (χ1v) is 10.7. The molecule has 2 heterocycles. The molecule has 0 aliphatic heterocycles. The van der Waals surface area contributed by atoms with E-state index in [4.69, 9.17) is 11.6 Å². The van der Waals surface area contributed by atoms with E-state index in [9.17, 15) is 14.0 Å². The van der Waals surface area contributed by atoms with Crippen molar-refractivity contribution in [3.8, 4) is 0 Å². The predicted molar refractivity (Wildman–Crippen MR) is 108 cm³/mol. The SMILES string of the molecule is O=C(CSCc1nc2sc3c(c2c(=O)[nH]1)CCC3)Nc1ccc(F)c(Cl)c1. The van der Waals surface area contributed by atoms with Gasteiger partial charge in [0, 0.05) is 10.6 Å². The highest BCUT2D eigenvalue weighted by molar-refractivity contribution is 7.99. The average Bonchev–Trinajstić information content (AvgIpc) is 3.18. The lowest BCUT2D eigenvalue weighted by Gasteiger charge is -2.06. The molecule has 1 aromatic carbocycles. The van der Waals surface area contributed by atoms with Gasteiger partial charge in [-0.05, 0) is 43.0 Å². The van der Waals surface area contributed by atoms with E-state index in [0.717, 1.165) is 35.0 Å². The Kier molecular flexibility index (Phi) is 5.21. The Morgan fingerprint density at radius 3 is 3.07 bits per heavy atom. The molecule has 0 spiro atoms. The van der Waals surface area contributed by atoms with Crippen LogP contribution < -0.4 is 10.9 Å². The highest BCUT2D eigenvalue weighted by Gasteiger charge is 2.21. The standard InChI is InChI=1S/C18H15ClFN3O2S2/c19-11-6-9(4-5-12(11)20)21-15(24)8-26-7-14-22-17(25)16-10-2-1-3-13(10)27-18(16)23-14/h4-6H,1-3,7-8H2,(H,21,24)(H,22,23,25). The van der Waals surface area contributed by atoms with Crippen LogP contribution in [0.2, 0.25) is 5.02 Å². The second-order valence-electron chi connectivity index (χ2n) is 6.22. The number of H-pyrrole nitrogens is 1. The molecular weight excluding hydrogens is 409 g/mol. The maximum atomic E-state index is 13.1. The minimum absolute atomic E-state index is 0.0432. The van der Waals surface area contributed by atoms with Crippen LogP contribution in [0.15, 0.2) is 23.0 Å². The number of nitrogens with one attached hydrogen (secondary N) is 2. The summed E-state index contributed by atoms with van der Waals surface area (Å²) in [6, 6.07) is 4.02. The molecule has 0 radical (unpaired) electrons. The Morgan fingerprint density at radius 2 is 2.26 bits per heavy atom. The molecular formula is C18H15ClFN3O2S2. The summed E-state index contributed by atoms with van der Waals surface area (Å²) in [4.78, 5) is 33.8. The lowest BCUT2D eigenvalue weighted by molar-refractivity contribution is -0.113. The van der Waals surface area contributed by atoms with E-state index in [1.54, 1.807) is 11.3 Å². The van der Waals surface area contributed by atoms with Crippen molar-refractivity contribution in [3.63, 3.8) is 0 Å². The molecule has 0 saturated carbocycles. The van der Waals surface area contributed by atoms with Crippen LogP contribution in [0.5, 0.6) is 0 Å².